The Morgan fingerprint density at radius 3 is 2.26 bits per heavy atom. The Morgan fingerprint density at radius 2 is 1.48 bits per heavy atom. The van der Waals surface area contributed by atoms with E-state index in [2.05, 4.69) is 59.8 Å². The lowest BCUT2D eigenvalue weighted by atomic mass is 10.2. The van der Waals surface area contributed by atoms with Crippen LogP contribution >= 0.6 is 0 Å². The molecule has 2 aromatic heterocycles. The minimum absolute atomic E-state index is 0.852. The van der Waals surface area contributed by atoms with Crippen LogP contribution in [-0.2, 0) is 6.54 Å². The molecule has 0 N–H and O–H groups in total. The lowest BCUT2D eigenvalue weighted by Crippen LogP contribution is -2.47. The zero-order chi connectivity index (χ0) is 18.3. The van der Waals surface area contributed by atoms with Gasteiger partial charge >= 0.3 is 0 Å². The lowest BCUT2D eigenvalue weighted by molar-refractivity contribution is 0.250. The van der Waals surface area contributed by atoms with E-state index in [-0.39, 0.29) is 0 Å². The second-order valence-electron chi connectivity index (χ2n) is 6.89. The van der Waals surface area contributed by atoms with E-state index in [1.54, 1.807) is 0 Å². The molecule has 1 aliphatic rings. The third-order valence-corrected chi connectivity index (χ3v) is 5.08. The molecular formula is C21H26N6. The molecule has 1 aromatic carbocycles. The van der Waals surface area contributed by atoms with Crippen molar-refractivity contribution in [2.45, 2.75) is 19.4 Å². The smallest absolute Gasteiger partial charge is 0.225 e. The minimum Gasteiger partial charge on any atom is -0.338 e. The maximum Gasteiger partial charge on any atom is 0.225 e. The average molecular weight is 362 g/mol. The highest BCUT2D eigenvalue weighted by Gasteiger charge is 2.18. The average Bonchev–Trinajstić information content (AvgIpc) is 3.21. The molecule has 6 heteroatoms. The van der Waals surface area contributed by atoms with Gasteiger partial charge in [0.25, 0.3) is 0 Å². The highest BCUT2D eigenvalue weighted by molar-refractivity contribution is 5.55. The number of nitrogens with zero attached hydrogens (tertiary/aromatic N) is 6. The van der Waals surface area contributed by atoms with E-state index in [0.29, 0.717) is 0 Å². The summed E-state index contributed by atoms with van der Waals surface area (Å²) in [5.41, 5.74) is 1.18. The van der Waals surface area contributed by atoms with Crippen molar-refractivity contribution in [3.63, 3.8) is 0 Å². The fourth-order valence-electron chi connectivity index (χ4n) is 3.58. The van der Waals surface area contributed by atoms with Gasteiger partial charge in [-0.25, -0.2) is 15.0 Å². The van der Waals surface area contributed by atoms with Gasteiger partial charge in [0, 0.05) is 63.1 Å². The molecule has 0 unspecified atom stereocenters. The van der Waals surface area contributed by atoms with Crippen LogP contribution in [0.1, 0.15) is 12.8 Å². The number of imidazole rings is 1. The Labute approximate surface area is 160 Å². The monoisotopic (exact) mass is 362 g/mol. The van der Waals surface area contributed by atoms with Crippen LogP contribution in [0.15, 0.2) is 61.2 Å². The first-order valence-electron chi connectivity index (χ1n) is 9.71. The summed E-state index contributed by atoms with van der Waals surface area (Å²) in [7, 11) is 0. The fourth-order valence-corrected chi connectivity index (χ4v) is 3.58. The normalized spacial score (nSPS) is 15.2. The molecule has 0 radical (unpaired) electrons. The number of anilines is 1. The second kappa shape index (κ2) is 8.77. The predicted molar refractivity (Wildman–Crippen MR) is 108 cm³/mol. The van der Waals surface area contributed by atoms with Gasteiger partial charge in [0.1, 0.15) is 5.82 Å². The van der Waals surface area contributed by atoms with Crippen molar-refractivity contribution < 1.29 is 0 Å². The van der Waals surface area contributed by atoms with Gasteiger partial charge in [-0.15, -0.1) is 0 Å². The van der Waals surface area contributed by atoms with Crippen molar-refractivity contribution in [2.24, 2.45) is 0 Å². The first-order valence-corrected chi connectivity index (χ1v) is 9.71. The summed E-state index contributed by atoms with van der Waals surface area (Å²) in [4.78, 5) is 18.1. The molecule has 1 saturated heterocycles. The van der Waals surface area contributed by atoms with E-state index in [1.807, 2.05) is 30.7 Å². The van der Waals surface area contributed by atoms with Crippen LogP contribution in [0.4, 0.5) is 5.95 Å². The quantitative estimate of drug-likeness (QED) is 0.605. The van der Waals surface area contributed by atoms with Crippen LogP contribution in [-0.4, -0.2) is 57.1 Å². The maximum atomic E-state index is 4.53. The molecule has 0 atom stereocenters. The third-order valence-electron chi connectivity index (χ3n) is 5.08. The van der Waals surface area contributed by atoms with Crippen molar-refractivity contribution in [3.8, 4) is 11.4 Å². The zero-order valence-corrected chi connectivity index (χ0v) is 15.6. The van der Waals surface area contributed by atoms with Gasteiger partial charge in [0.2, 0.25) is 5.95 Å². The molecule has 0 bridgehead atoms. The zero-order valence-electron chi connectivity index (χ0n) is 15.6. The minimum atomic E-state index is 0.852. The first kappa shape index (κ1) is 17.7. The van der Waals surface area contributed by atoms with Crippen molar-refractivity contribution in [3.05, 3.63) is 61.2 Å². The summed E-state index contributed by atoms with van der Waals surface area (Å²) in [5.74, 6) is 1.91. The highest BCUT2D eigenvalue weighted by Crippen LogP contribution is 2.17. The molecule has 0 spiro atoms. The number of piperazine rings is 1. The molecule has 0 saturated carbocycles. The van der Waals surface area contributed by atoms with E-state index in [4.69, 9.17) is 0 Å². The van der Waals surface area contributed by atoms with Gasteiger partial charge in [0.05, 0.1) is 0 Å². The van der Waals surface area contributed by atoms with Crippen LogP contribution in [0.25, 0.3) is 11.4 Å². The topological polar surface area (TPSA) is 50.1 Å². The maximum absolute atomic E-state index is 4.53. The van der Waals surface area contributed by atoms with Gasteiger partial charge in [-0.2, -0.15) is 0 Å². The van der Waals surface area contributed by atoms with Gasteiger partial charge in [-0.05, 0) is 25.5 Å². The summed E-state index contributed by atoms with van der Waals surface area (Å²) >= 11 is 0. The van der Waals surface area contributed by atoms with Crippen LogP contribution in [0.2, 0.25) is 0 Å². The Kier molecular flexibility index (Phi) is 5.74. The van der Waals surface area contributed by atoms with E-state index < -0.39 is 0 Å². The molecule has 1 aliphatic heterocycles. The number of rotatable bonds is 7. The van der Waals surface area contributed by atoms with E-state index in [1.165, 1.54) is 12.0 Å². The van der Waals surface area contributed by atoms with Crippen molar-refractivity contribution in [2.75, 3.05) is 37.6 Å². The van der Waals surface area contributed by atoms with Crippen molar-refractivity contribution in [1.82, 2.24) is 24.4 Å². The summed E-state index contributed by atoms with van der Waals surface area (Å²) in [6.07, 6.45) is 9.98. The SMILES string of the molecule is c1ccc(-c2nccn2CCCCN2CCN(c3ncccn3)CC2)cc1. The molecule has 4 rings (SSSR count). The van der Waals surface area contributed by atoms with E-state index in [0.717, 1.165) is 57.5 Å². The molecule has 27 heavy (non-hydrogen) atoms. The van der Waals surface area contributed by atoms with Gasteiger partial charge < -0.3 is 9.47 Å². The number of benzene rings is 1. The summed E-state index contributed by atoms with van der Waals surface area (Å²) in [6.45, 7) is 6.34. The van der Waals surface area contributed by atoms with E-state index >= 15 is 0 Å². The molecule has 1 fully saturated rings. The van der Waals surface area contributed by atoms with Crippen molar-refractivity contribution >= 4 is 5.95 Å². The lowest BCUT2D eigenvalue weighted by Gasteiger charge is -2.34. The standard InChI is InChI=1S/C21H26N6/c1-2-7-19(8-3-1)20-22-11-14-26(20)13-5-4-12-25-15-17-27(18-16-25)21-23-9-6-10-24-21/h1-3,6-11,14H,4-5,12-13,15-18H2. The summed E-state index contributed by atoms with van der Waals surface area (Å²) in [6, 6.07) is 12.3. The molecule has 3 heterocycles. The number of aromatic nitrogens is 4. The predicted octanol–water partition coefficient (Wildman–Crippen LogP) is 2.94. The molecule has 0 aliphatic carbocycles. The Balaban J connectivity index is 1.20. The summed E-state index contributed by atoms with van der Waals surface area (Å²) in [5, 5.41) is 0. The van der Waals surface area contributed by atoms with Crippen LogP contribution < -0.4 is 4.90 Å². The number of hydrogen-bond acceptors (Lipinski definition) is 5. The number of unbranched alkanes of at least 4 members (excludes halogenated alkanes) is 1. The fraction of sp³-hybridized carbons (Fsp3) is 0.381. The van der Waals surface area contributed by atoms with Crippen LogP contribution in [0.3, 0.4) is 0 Å². The highest BCUT2D eigenvalue weighted by atomic mass is 15.3. The molecule has 3 aromatic rings. The Bertz CT molecular complexity index is 809. The largest absolute Gasteiger partial charge is 0.338 e. The molecule has 140 valence electrons. The van der Waals surface area contributed by atoms with Gasteiger partial charge in [0.15, 0.2) is 0 Å². The van der Waals surface area contributed by atoms with Gasteiger partial charge in [-0.3, -0.25) is 4.90 Å². The van der Waals surface area contributed by atoms with Crippen molar-refractivity contribution in [1.29, 1.82) is 0 Å². The second-order valence-corrected chi connectivity index (χ2v) is 6.89. The van der Waals surface area contributed by atoms with Gasteiger partial charge in [-0.1, -0.05) is 30.3 Å². The number of hydrogen-bond donors (Lipinski definition) is 0. The Morgan fingerprint density at radius 1 is 0.741 bits per heavy atom. The first-order chi connectivity index (χ1) is 13.4. The molecular weight excluding hydrogens is 336 g/mol. The summed E-state index contributed by atoms with van der Waals surface area (Å²) < 4.78 is 2.26. The molecule has 6 nitrogen and oxygen atoms in total. The van der Waals surface area contributed by atoms with Crippen LogP contribution in [0, 0.1) is 0 Å². The number of aryl methyl sites for hydroxylation is 1. The van der Waals surface area contributed by atoms with Crippen LogP contribution in [0.5, 0.6) is 0 Å². The molecule has 0 amide bonds. The van der Waals surface area contributed by atoms with E-state index in [9.17, 15) is 0 Å². The Hall–Kier alpha value is -2.73. The third kappa shape index (κ3) is 4.52.